The van der Waals surface area contributed by atoms with Crippen molar-refractivity contribution in [2.24, 2.45) is 11.8 Å². The van der Waals surface area contributed by atoms with E-state index in [0.29, 0.717) is 31.1 Å². The van der Waals surface area contributed by atoms with Gasteiger partial charge in [0.2, 0.25) is 11.8 Å². The van der Waals surface area contributed by atoms with Gasteiger partial charge in [-0.1, -0.05) is 24.6 Å². The normalized spacial score (nSPS) is 25.4. The molecule has 0 spiro atoms. The van der Waals surface area contributed by atoms with Crippen molar-refractivity contribution >= 4 is 23.4 Å². The molecule has 3 saturated heterocycles. The van der Waals surface area contributed by atoms with E-state index < -0.39 is 0 Å². The molecule has 7 nitrogen and oxygen atoms in total. The van der Waals surface area contributed by atoms with Crippen LogP contribution in [0.2, 0.25) is 5.02 Å². The number of hydrogen-bond donors (Lipinski definition) is 0. The number of benzene rings is 1. The number of piperazine rings is 1. The van der Waals surface area contributed by atoms with E-state index in [9.17, 15) is 9.59 Å². The summed E-state index contributed by atoms with van der Waals surface area (Å²) < 4.78 is 6.33. The van der Waals surface area contributed by atoms with E-state index in [1.165, 1.54) is 0 Å². The molecule has 34 heavy (non-hydrogen) atoms. The van der Waals surface area contributed by atoms with Gasteiger partial charge in [-0.2, -0.15) is 0 Å². The number of likely N-dealkylation sites (N-methyl/N-ethyl adjacent to an activating group) is 1. The van der Waals surface area contributed by atoms with E-state index in [4.69, 9.17) is 16.3 Å². The molecule has 3 aliphatic rings. The summed E-state index contributed by atoms with van der Waals surface area (Å²) >= 11 is 6.16. The zero-order chi connectivity index (χ0) is 24.1. The monoisotopic (exact) mass is 490 g/mol. The Hall–Kier alpha value is -1.83. The smallest absolute Gasteiger partial charge is 0.236 e. The molecule has 1 aromatic rings. The average molecular weight is 491 g/mol. The number of rotatable bonds is 6. The van der Waals surface area contributed by atoms with E-state index in [0.717, 1.165) is 70.2 Å². The number of likely N-dealkylation sites (tertiary alicyclic amines) is 2. The van der Waals surface area contributed by atoms with Crippen molar-refractivity contribution in [1.29, 1.82) is 0 Å². The largest absolute Gasteiger partial charge is 0.490 e. The van der Waals surface area contributed by atoms with Crippen LogP contribution >= 0.6 is 11.6 Å². The third-order valence-corrected chi connectivity index (χ3v) is 7.86. The van der Waals surface area contributed by atoms with Gasteiger partial charge >= 0.3 is 0 Å². The maximum Gasteiger partial charge on any atom is 0.236 e. The summed E-state index contributed by atoms with van der Waals surface area (Å²) in [6, 6.07) is 7.42. The highest BCUT2D eigenvalue weighted by molar-refractivity contribution is 6.30. The predicted octanol–water partition coefficient (Wildman–Crippen LogP) is 2.83. The van der Waals surface area contributed by atoms with Gasteiger partial charge in [0.15, 0.2) is 0 Å². The van der Waals surface area contributed by atoms with E-state index in [-0.39, 0.29) is 23.8 Å². The quantitative estimate of drug-likeness (QED) is 0.613. The van der Waals surface area contributed by atoms with Gasteiger partial charge < -0.3 is 19.4 Å². The van der Waals surface area contributed by atoms with Crippen LogP contribution < -0.4 is 4.74 Å². The molecule has 4 rings (SSSR count). The van der Waals surface area contributed by atoms with Crippen LogP contribution in [0.3, 0.4) is 0 Å². The Morgan fingerprint density at radius 2 is 1.71 bits per heavy atom. The number of hydrogen-bond acceptors (Lipinski definition) is 5. The molecule has 3 heterocycles. The van der Waals surface area contributed by atoms with Crippen LogP contribution in [0, 0.1) is 11.8 Å². The zero-order valence-electron chi connectivity index (χ0n) is 20.6. The first kappa shape index (κ1) is 25.3. The Morgan fingerprint density at radius 1 is 0.971 bits per heavy atom. The third-order valence-electron chi connectivity index (χ3n) is 7.63. The summed E-state index contributed by atoms with van der Waals surface area (Å²) in [6.45, 7) is 9.30. The van der Waals surface area contributed by atoms with Gasteiger partial charge in [0, 0.05) is 63.1 Å². The topological polar surface area (TPSA) is 56.3 Å². The number of piperidine rings is 2. The van der Waals surface area contributed by atoms with Crippen LogP contribution in [-0.4, -0.2) is 103 Å². The van der Waals surface area contributed by atoms with Gasteiger partial charge in [0.25, 0.3) is 0 Å². The first-order valence-corrected chi connectivity index (χ1v) is 13.1. The average Bonchev–Trinajstić information content (AvgIpc) is 2.82. The SMILES string of the molecule is CC1CCN(CC(=O)N2CC[C@H](Oc3cccc(Cl)c3)[C@@H](CC(=O)N3CCN(C)CC3)C2)CC1. The highest BCUT2D eigenvalue weighted by Crippen LogP contribution is 2.28. The summed E-state index contributed by atoms with van der Waals surface area (Å²) in [6.07, 6.45) is 3.32. The summed E-state index contributed by atoms with van der Waals surface area (Å²) in [7, 11) is 2.09. The zero-order valence-corrected chi connectivity index (χ0v) is 21.4. The van der Waals surface area contributed by atoms with E-state index in [1.807, 2.05) is 34.1 Å². The molecule has 3 aliphatic heterocycles. The van der Waals surface area contributed by atoms with Crippen molar-refractivity contribution in [3.8, 4) is 5.75 Å². The van der Waals surface area contributed by atoms with Crippen molar-refractivity contribution in [3.05, 3.63) is 29.3 Å². The molecule has 0 N–H and O–H groups in total. The predicted molar refractivity (Wildman–Crippen MR) is 134 cm³/mol. The molecule has 3 fully saturated rings. The second-order valence-corrected chi connectivity index (χ2v) is 10.8. The fourth-order valence-corrected chi connectivity index (χ4v) is 5.40. The summed E-state index contributed by atoms with van der Waals surface area (Å²) in [4.78, 5) is 34.8. The number of ether oxygens (including phenoxy) is 1. The minimum absolute atomic E-state index is 0.0368. The lowest BCUT2D eigenvalue weighted by atomic mass is 9.90. The van der Waals surface area contributed by atoms with Crippen LogP contribution in [0.5, 0.6) is 5.75 Å². The Balaban J connectivity index is 1.40. The van der Waals surface area contributed by atoms with Crippen molar-refractivity contribution < 1.29 is 14.3 Å². The van der Waals surface area contributed by atoms with Crippen LogP contribution in [0.25, 0.3) is 0 Å². The third kappa shape index (κ3) is 6.86. The van der Waals surface area contributed by atoms with Crippen molar-refractivity contribution in [2.45, 2.75) is 38.7 Å². The molecule has 0 saturated carbocycles. The molecule has 2 atom stereocenters. The highest BCUT2D eigenvalue weighted by Gasteiger charge is 2.36. The first-order chi connectivity index (χ1) is 16.4. The summed E-state index contributed by atoms with van der Waals surface area (Å²) in [5.74, 6) is 1.77. The van der Waals surface area contributed by atoms with Gasteiger partial charge in [0.05, 0.1) is 6.54 Å². The summed E-state index contributed by atoms with van der Waals surface area (Å²) in [5, 5.41) is 0.631. The van der Waals surface area contributed by atoms with Gasteiger partial charge in [-0.3, -0.25) is 14.5 Å². The van der Waals surface area contributed by atoms with Crippen molar-refractivity contribution in [1.82, 2.24) is 19.6 Å². The standard InChI is InChI=1S/C26H39ClN4O3/c1-20-6-9-29(10-7-20)19-26(33)31-11-8-24(34-23-5-3-4-22(27)17-23)21(18-31)16-25(32)30-14-12-28(2)13-15-30/h3-5,17,20-21,24H,6-16,18-19H2,1-2H3/t21-,24-/m0/s1. The molecule has 0 unspecified atom stereocenters. The molecule has 2 amide bonds. The second-order valence-electron chi connectivity index (χ2n) is 10.3. The maximum atomic E-state index is 13.2. The Bertz CT molecular complexity index is 837. The number of carbonyl (C=O) groups is 2. The number of carbonyl (C=O) groups excluding carboxylic acids is 2. The van der Waals surface area contributed by atoms with Gasteiger partial charge in [-0.05, 0) is 57.1 Å². The molecular weight excluding hydrogens is 452 g/mol. The lowest BCUT2D eigenvalue weighted by molar-refractivity contribution is -0.140. The number of halogens is 1. The molecule has 0 aromatic heterocycles. The molecule has 1 aromatic carbocycles. The van der Waals surface area contributed by atoms with Crippen LogP contribution in [0.15, 0.2) is 24.3 Å². The van der Waals surface area contributed by atoms with E-state index in [1.54, 1.807) is 0 Å². The maximum absolute atomic E-state index is 13.2. The Kier molecular flexibility index (Phi) is 8.72. The van der Waals surface area contributed by atoms with E-state index in [2.05, 4.69) is 23.8 Å². The van der Waals surface area contributed by atoms with Crippen molar-refractivity contribution in [3.63, 3.8) is 0 Å². The lowest BCUT2D eigenvalue weighted by Crippen LogP contribution is -2.53. The molecule has 0 aliphatic carbocycles. The van der Waals surface area contributed by atoms with Gasteiger partial charge in [0.1, 0.15) is 11.9 Å². The second kappa shape index (κ2) is 11.7. The lowest BCUT2D eigenvalue weighted by Gasteiger charge is -2.40. The van der Waals surface area contributed by atoms with Gasteiger partial charge in [-0.25, -0.2) is 0 Å². The molecule has 0 bridgehead atoms. The molecule has 188 valence electrons. The number of amides is 2. The summed E-state index contributed by atoms with van der Waals surface area (Å²) in [5.41, 5.74) is 0. The minimum Gasteiger partial charge on any atom is -0.490 e. The molecule has 8 heteroatoms. The Labute approximate surface area is 208 Å². The minimum atomic E-state index is -0.116. The van der Waals surface area contributed by atoms with Crippen LogP contribution in [0.1, 0.15) is 32.6 Å². The first-order valence-electron chi connectivity index (χ1n) is 12.8. The van der Waals surface area contributed by atoms with Gasteiger partial charge in [-0.15, -0.1) is 0 Å². The molecule has 0 radical (unpaired) electrons. The Morgan fingerprint density at radius 3 is 2.41 bits per heavy atom. The number of nitrogens with zero attached hydrogens (tertiary/aromatic N) is 4. The van der Waals surface area contributed by atoms with Crippen LogP contribution in [-0.2, 0) is 9.59 Å². The fourth-order valence-electron chi connectivity index (χ4n) is 5.22. The van der Waals surface area contributed by atoms with Crippen molar-refractivity contribution in [2.75, 3.05) is 66.0 Å². The van der Waals surface area contributed by atoms with Crippen LogP contribution in [0.4, 0.5) is 0 Å². The molecular formula is C26H39ClN4O3. The highest BCUT2D eigenvalue weighted by atomic mass is 35.5. The van der Waals surface area contributed by atoms with E-state index >= 15 is 0 Å². The fraction of sp³-hybridized carbons (Fsp3) is 0.692.